The Morgan fingerprint density at radius 3 is 2.56 bits per heavy atom. The van der Waals surface area contributed by atoms with E-state index in [1.165, 1.54) is 6.26 Å². The smallest absolute Gasteiger partial charge is 0.211 e. The van der Waals surface area contributed by atoms with E-state index < -0.39 is 10.0 Å². The molecule has 2 atom stereocenters. The van der Waals surface area contributed by atoms with Crippen molar-refractivity contribution in [1.29, 1.82) is 0 Å². The number of aliphatic hydroxyl groups is 1. The average molecular weight is 277 g/mol. The molecule has 18 heavy (non-hydrogen) atoms. The molecule has 0 saturated carbocycles. The van der Waals surface area contributed by atoms with Gasteiger partial charge in [-0.1, -0.05) is 13.8 Å². The van der Waals surface area contributed by atoms with Crippen LogP contribution >= 0.6 is 0 Å². The Morgan fingerprint density at radius 2 is 2.00 bits per heavy atom. The van der Waals surface area contributed by atoms with Crippen molar-refractivity contribution in [1.82, 2.24) is 4.31 Å². The lowest BCUT2D eigenvalue weighted by atomic mass is 9.91. The summed E-state index contributed by atoms with van der Waals surface area (Å²) in [5.41, 5.74) is 0. The molecule has 0 aliphatic carbocycles. The summed E-state index contributed by atoms with van der Waals surface area (Å²) in [6.45, 7) is 5.52. The lowest BCUT2D eigenvalue weighted by molar-refractivity contribution is 0.109. The molecule has 0 aromatic heterocycles. The van der Waals surface area contributed by atoms with E-state index in [0.717, 1.165) is 32.1 Å². The minimum Gasteiger partial charge on any atom is -0.393 e. The zero-order valence-electron chi connectivity index (χ0n) is 11.8. The summed E-state index contributed by atoms with van der Waals surface area (Å²) in [4.78, 5) is 0. The summed E-state index contributed by atoms with van der Waals surface area (Å²) >= 11 is 0. The fourth-order valence-corrected chi connectivity index (χ4v) is 3.49. The summed E-state index contributed by atoms with van der Waals surface area (Å²) in [5, 5.41) is 9.97. The molecule has 1 aliphatic heterocycles. The minimum atomic E-state index is -3.07. The zero-order valence-corrected chi connectivity index (χ0v) is 12.6. The molecule has 108 valence electrons. The highest BCUT2D eigenvalue weighted by atomic mass is 32.2. The molecule has 0 aromatic carbocycles. The Kier molecular flexibility index (Phi) is 6.08. The van der Waals surface area contributed by atoms with Crippen LogP contribution in [0.1, 0.15) is 46.0 Å². The van der Waals surface area contributed by atoms with Crippen molar-refractivity contribution < 1.29 is 13.5 Å². The van der Waals surface area contributed by atoms with Crippen molar-refractivity contribution in [3.63, 3.8) is 0 Å². The van der Waals surface area contributed by atoms with Crippen molar-refractivity contribution in [3.05, 3.63) is 0 Å². The molecule has 0 spiro atoms. The maximum absolute atomic E-state index is 11.5. The number of nitrogens with zero attached hydrogens (tertiary/aromatic N) is 1. The fraction of sp³-hybridized carbons (Fsp3) is 1.00. The van der Waals surface area contributed by atoms with Gasteiger partial charge in [0, 0.05) is 13.1 Å². The van der Waals surface area contributed by atoms with Gasteiger partial charge >= 0.3 is 0 Å². The SMILES string of the molecule is CC(C)CCC(O)CC1CCCN(S(C)(=O)=O)C1. The Bertz CT molecular complexity index is 340. The highest BCUT2D eigenvalue weighted by Crippen LogP contribution is 2.24. The van der Waals surface area contributed by atoms with Crippen LogP contribution in [0.5, 0.6) is 0 Å². The zero-order chi connectivity index (χ0) is 13.8. The number of aliphatic hydroxyl groups excluding tert-OH is 1. The summed E-state index contributed by atoms with van der Waals surface area (Å²) in [7, 11) is -3.07. The molecule has 4 nitrogen and oxygen atoms in total. The molecular weight excluding hydrogens is 250 g/mol. The highest BCUT2D eigenvalue weighted by Gasteiger charge is 2.27. The van der Waals surface area contributed by atoms with Crippen LogP contribution in [0.3, 0.4) is 0 Å². The normalized spacial score (nSPS) is 24.4. The molecule has 0 aromatic rings. The number of piperidine rings is 1. The van der Waals surface area contributed by atoms with Crippen molar-refractivity contribution in [2.45, 2.75) is 52.1 Å². The van der Waals surface area contributed by atoms with Crippen LogP contribution in [0, 0.1) is 11.8 Å². The standard InChI is InChI=1S/C13H27NO3S/c1-11(2)6-7-13(15)9-12-5-4-8-14(10-12)18(3,16)17/h11-13,15H,4-10H2,1-3H3. The third-order valence-electron chi connectivity index (χ3n) is 3.63. The van der Waals surface area contributed by atoms with Crippen molar-refractivity contribution >= 4 is 10.0 Å². The molecule has 1 heterocycles. The van der Waals surface area contributed by atoms with Gasteiger partial charge in [0.25, 0.3) is 0 Å². The Balaban J connectivity index is 2.38. The van der Waals surface area contributed by atoms with Gasteiger partial charge < -0.3 is 5.11 Å². The van der Waals surface area contributed by atoms with E-state index in [1.54, 1.807) is 4.31 Å². The van der Waals surface area contributed by atoms with Crippen LogP contribution in [0.2, 0.25) is 0 Å². The van der Waals surface area contributed by atoms with Crippen LogP contribution in [0.25, 0.3) is 0 Å². The molecule has 1 saturated heterocycles. The Morgan fingerprint density at radius 1 is 1.33 bits per heavy atom. The number of rotatable bonds is 6. The maximum atomic E-state index is 11.5. The Hall–Kier alpha value is -0.130. The third-order valence-corrected chi connectivity index (χ3v) is 4.90. The predicted molar refractivity (Wildman–Crippen MR) is 73.8 cm³/mol. The second-order valence-corrected chi connectivity index (χ2v) is 7.97. The topological polar surface area (TPSA) is 57.6 Å². The lowest BCUT2D eigenvalue weighted by Crippen LogP contribution is -2.40. The quantitative estimate of drug-likeness (QED) is 0.806. The molecule has 5 heteroatoms. The van der Waals surface area contributed by atoms with E-state index in [2.05, 4.69) is 13.8 Å². The van der Waals surface area contributed by atoms with Crippen LogP contribution < -0.4 is 0 Å². The van der Waals surface area contributed by atoms with Crippen molar-refractivity contribution in [2.75, 3.05) is 19.3 Å². The van der Waals surface area contributed by atoms with Gasteiger partial charge in [0.15, 0.2) is 0 Å². The fourth-order valence-electron chi connectivity index (χ4n) is 2.55. The first-order valence-corrected chi connectivity index (χ1v) is 8.77. The van der Waals surface area contributed by atoms with Gasteiger partial charge in [0.1, 0.15) is 0 Å². The third kappa shape index (κ3) is 5.67. The summed E-state index contributed by atoms with van der Waals surface area (Å²) in [5.74, 6) is 0.925. The van der Waals surface area contributed by atoms with E-state index in [0.29, 0.717) is 24.9 Å². The molecule has 1 N–H and O–H groups in total. The lowest BCUT2D eigenvalue weighted by Gasteiger charge is -2.32. The highest BCUT2D eigenvalue weighted by molar-refractivity contribution is 7.88. The van der Waals surface area contributed by atoms with Gasteiger partial charge in [-0.3, -0.25) is 0 Å². The summed E-state index contributed by atoms with van der Waals surface area (Å²) in [6.07, 6.45) is 5.52. The Labute approximate surface area is 111 Å². The second-order valence-electron chi connectivity index (χ2n) is 5.99. The number of hydrogen-bond donors (Lipinski definition) is 1. The first-order valence-electron chi connectivity index (χ1n) is 6.92. The maximum Gasteiger partial charge on any atom is 0.211 e. The van der Waals surface area contributed by atoms with Gasteiger partial charge in [-0.15, -0.1) is 0 Å². The molecule has 2 unspecified atom stereocenters. The van der Waals surface area contributed by atoms with Crippen LogP contribution in [-0.4, -0.2) is 43.3 Å². The number of hydrogen-bond acceptors (Lipinski definition) is 3. The van der Waals surface area contributed by atoms with Gasteiger partial charge in [-0.2, -0.15) is 0 Å². The first-order chi connectivity index (χ1) is 8.29. The molecule has 0 bridgehead atoms. The molecule has 1 fully saturated rings. The molecule has 1 aliphatic rings. The van der Waals surface area contributed by atoms with E-state index in [4.69, 9.17) is 0 Å². The van der Waals surface area contributed by atoms with E-state index in [1.807, 2.05) is 0 Å². The van der Waals surface area contributed by atoms with Crippen LogP contribution in [-0.2, 0) is 10.0 Å². The van der Waals surface area contributed by atoms with Crippen LogP contribution in [0.4, 0.5) is 0 Å². The van der Waals surface area contributed by atoms with Gasteiger partial charge in [-0.25, -0.2) is 12.7 Å². The molecule has 0 amide bonds. The molecule has 0 radical (unpaired) electrons. The van der Waals surface area contributed by atoms with E-state index in [9.17, 15) is 13.5 Å². The predicted octanol–water partition coefficient (Wildman–Crippen LogP) is 1.85. The van der Waals surface area contributed by atoms with Gasteiger partial charge in [0.05, 0.1) is 12.4 Å². The van der Waals surface area contributed by atoms with Gasteiger partial charge in [-0.05, 0) is 43.9 Å². The second kappa shape index (κ2) is 6.87. The van der Waals surface area contributed by atoms with E-state index in [-0.39, 0.29) is 6.10 Å². The van der Waals surface area contributed by atoms with Gasteiger partial charge in [0.2, 0.25) is 10.0 Å². The monoisotopic (exact) mass is 277 g/mol. The van der Waals surface area contributed by atoms with Crippen molar-refractivity contribution in [2.24, 2.45) is 11.8 Å². The molecule has 1 rings (SSSR count). The average Bonchev–Trinajstić information content (AvgIpc) is 2.25. The van der Waals surface area contributed by atoms with Crippen molar-refractivity contribution in [3.8, 4) is 0 Å². The molecular formula is C13H27NO3S. The largest absolute Gasteiger partial charge is 0.393 e. The summed E-state index contributed by atoms with van der Waals surface area (Å²) < 4.78 is 24.5. The van der Waals surface area contributed by atoms with Crippen LogP contribution in [0.15, 0.2) is 0 Å². The summed E-state index contributed by atoms with van der Waals surface area (Å²) in [6, 6.07) is 0. The minimum absolute atomic E-state index is 0.281. The number of sulfonamides is 1. The first kappa shape index (κ1) is 15.9. The van der Waals surface area contributed by atoms with E-state index >= 15 is 0 Å².